The zero-order valence-corrected chi connectivity index (χ0v) is 16.4. The van der Waals surface area contributed by atoms with Crippen molar-refractivity contribution < 1.29 is 5.11 Å². The molecule has 4 N–H and O–H groups in total. The number of rotatable bonds is 6. The lowest BCUT2D eigenvalue weighted by molar-refractivity contribution is 0.185. The van der Waals surface area contributed by atoms with Gasteiger partial charge in [0.05, 0.1) is 18.3 Å². The molecule has 7 heteroatoms. The topological polar surface area (TPSA) is 86.5 Å². The normalized spacial score (nSPS) is 24.0. The van der Waals surface area contributed by atoms with Crippen molar-refractivity contribution in [3.8, 4) is 0 Å². The predicted octanol–water partition coefficient (Wildman–Crippen LogP) is 2.59. The molecule has 27 heavy (non-hydrogen) atoms. The van der Waals surface area contributed by atoms with Crippen LogP contribution in [0, 0.1) is 5.92 Å². The van der Waals surface area contributed by atoms with E-state index < -0.39 is 6.10 Å². The number of aliphatic hydroxyl groups is 1. The molecule has 2 fully saturated rings. The number of aromatic nitrogens is 3. The summed E-state index contributed by atoms with van der Waals surface area (Å²) in [4.78, 5) is 4.82. The van der Waals surface area contributed by atoms with Crippen LogP contribution in [0.2, 0.25) is 0 Å². The second-order valence-corrected chi connectivity index (χ2v) is 8.38. The molecule has 2 aromatic heterocycles. The Bertz CT molecular complexity index is 767. The van der Waals surface area contributed by atoms with Crippen molar-refractivity contribution in [2.75, 3.05) is 30.3 Å². The van der Waals surface area contributed by atoms with Crippen LogP contribution in [0.4, 0.5) is 11.6 Å². The Kier molecular flexibility index (Phi) is 5.50. The van der Waals surface area contributed by atoms with E-state index in [1.807, 2.05) is 16.8 Å². The van der Waals surface area contributed by atoms with Crippen molar-refractivity contribution in [1.29, 1.82) is 0 Å². The van der Waals surface area contributed by atoms with Gasteiger partial charge in [0.25, 0.3) is 0 Å². The van der Waals surface area contributed by atoms with Crippen molar-refractivity contribution >= 4 is 17.3 Å². The molecule has 0 aromatic carbocycles. The molecule has 0 spiro atoms. The Labute approximate surface area is 160 Å². The fourth-order valence-corrected chi connectivity index (χ4v) is 4.23. The summed E-state index contributed by atoms with van der Waals surface area (Å²) in [6.07, 6.45) is 8.21. The first-order valence-corrected chi connectivity index (χ1v) is 10.4. The molecule has 3 heterocycles. The summed E-state index contributed by atoms with van der Waals surface area (Å²) in [5.41, 5.74) is 2.03. The highest BCUT2D eigenvalue weighted by molar-refractivity contribution is 5.61. The molecular weight excluding hydrogens is 340 g/mol. The smallest absolute Gasteiger partial charge is 0.163 e. The molecule has 2 atom stereocenters. The number of fused-ring (bicyclic) bond motifs is 1. The summed E-state index contributed by atoms with van der Waals surface area (Å²) in [5.74, 6) is 2.86. The van der Waals surface area contributed by atoms with Gasteiger partial charge in [0.2, 0.25) is 0 Å². The summed E-state index contributed by atoms with van der Waals surface area (Å²) in [6, 6.07) is 2.01. The Hall–Kier alpha value is -1.86. The van der Waals surface area contributed by atoms with Crippen LogP contribution in [0.15, 0.2) is 12.3 Å². The van der Waals surface area contributed by atoms with Gasteiger partial charge < -0.3 is 21.1 Å². The molecule has 148 valence electrons. The molecule has 1 aliphatic heterocycles. The molecule has 0 radical (unpaired) electrons. The van der Waals surface area contributed by atoms with Gasteiger partial charge in [-0.1, -0.05) is 33.1 Å². The van der Waals surface area contributed by atoms with Crippen molar-refractivity contribution in [3.63, 3.8) is 0 Å². The quantitative estimate of drug-likeness (QED) is 0.624. The maximum atomic E-state index is 10.1. The van der Waals surface area contributed by atoms with E-state index in [4.69, 9.17) is 4.98 Å². The Morgan fingerprint density at radius 2 is 2.07 bits per heavy atom. The lowest BCUT2D eigenvalue weighted by Crippen LogP contribution is -2.32. The second-order valence-electron chi connectivity index (χ2n) is 8.38. The number of nitrogens with zero attached hydrogens (tertiary/aromatic N) is 3. The van der Waals surface area contributed by atoms with Crippen molar-refractivity contribution in [3.05, 3.63) is 17.8 Å². The van der Waals surface area contributed by atoms with E-state index in [9.17, 15) is 5.11 Å². The Morgan fingerprint density at radius 3 is 2.78 bits per heavy atom. The van der Waals surface area contributed by atoms with Crippen LogP contribution in [-0.4, -0.2) is 51.5 Å². The van der Waals surface area contributed by atoms with Gasteiger partial charge in [-0.25, -0.2) is 4.98 Å². The number of hydrogen-bond donors (Lipinski definition) is 4. The first kappa shape index (κ1) is 18.5. The van der Waals surface area contributed by atoms with Gasteiger partial charge in [0.1, 0.15) is 11.6 Å². The Balaban J connectivity index is 1.60. The standard InChI is InChI=1S/C20H32N6O/c1-13(2)15-10-23-26-19(22-9-14-6-4-3-5-7-14)8-18(25-20(15)26)24-16-11-21-12-17(16)27/h8,10,13-14,16-17,21-22,27H,3-7,9,11-12H2,1-2H3,(H,24,25)/t16-,17?/m0/s1. The molecule has 0 bridgehead atoms. The van der Waals surface area contributed by atoms with Gasteiger partial charge in [-0.3, -0.25) is 0 Å². The van der Waals surface area contributed by atoms with Gasteiger partial charge in [-0.2, -0.15) is 9.61 Å². The average molecular weight is 373 g/mol. The van der Waals surface area contributed by atoms with Crippen LogP contribution < -0.4 is 16.0 Å². The van der Waals surface area contributed by atoms with Gasteiger partial charge in [-0.05, 0) is 24.7 Å². The van der Waals surface area contributed by atoms with Crippen LogP contribution in [0.1, 0.15) is 57.4 Å². The summed E-state index contributed by atoms with van der Waals surface area (Å²) < 4.78 is 1.92. The van der Waals surface area contributed by atoms with Gasteiger partial charge >= 0.3 is 0 Å². The first-order chi connectivity index (χ1) is 13.1. The summed E-state index contributed by atoms with van der Waals surface area (Å²) >= 11 is 0. The predicted molar refractivity (Wildman–Crippen MR) is 108 cm³/mol. The number of aliphatic hydroxyl groups excluding tert-OH is 1. The molecule has 4 rings (SSSR count). The van der Waals surface area contributed by atoms with Crippen molar-refractivity contribution in [2.24, 2.45) is 5.92 Å². The monoisotopic (exact) mass is 372 g/mol. The van der Waals surface area contributed by atoms with Gasteiger partial charge in [-0.15, -0.1) is 0 Å². The molecule has 1 saturated carbocycles. The minimum absolute atomic E-state index is 0.0171. The largest absolute Gasteiger partial charge is 0.390 e. The van der Waals surface area contributed by atoms with E-state index in [1.165, 1.54) is 32.1 Å². The second kappa shape index (κ2) is 8.02. The van der Waals surface area contributed by atoms with Crippen LogP contribution in [0.5, 0.6) is 0 Å². The van der Waals surface area contributed by atoms with Crippen LogP contribution in [0.25, 0.3) is 5.65 Å². The van der Waals surface area contributed by atoms with E-state index >= 15 is 0 Å². The minimum Gasteiger partial charge on any atom is -0.390 e. The van der Waals surface area contributed by atoms with Gasteiger partial charge in [0.15, 0.2) is 5.65 Å². The lowest BCUT2D eigenvalue weighted by Gasteiger charge is -2.23. The highest BCUT2D eigenvalue weighted by Crippen LogP contribution is 2.27. The maximum absolute atomic E-state index is 10.1. The van der Waals surface area contributed by atoms with E-state index in [-0.39, 0.29) is 6.04 Å². The number of nitrogens with one attached hydrogen (secondary N) is 3. The van der Waals surface area contributed by atoms with Crippen LogP contribution in [0.3, 0.4) is 0 Å². The van der Waals surface area contributed by atoms with E-state index in [2.05, 4.69) is 34.9 Å². The van der Waals surface area contributed by atoms with E-state index in [0.717, 1.165) is 41.9 Å². The highest BCUT2D eigenvalue weighted by Gasteiger charge is 2.25. The number of anilines is 2. The fraction of sp³-hybridized carbons (Fsp3) is 0.700. The molecule has 1 saturated heterocycles. The summed E-state index contributed by atoms with van der Waals surface area (Å²) in [5, 5.41) is 25.0. The molecule has 7 nitrogen and oxygen atoms in total. The molecule has 2 aromatic rings. The maximum Gasteiger partial charge on any atom is 0.163 e. The van der Waals surface area contributed by atoms with Crippen molar-refractivity contribution in [2.45, 2.75) is 64.0 Å². The lowest BCUT2D eigenvalue weighted by atomic mass is 9.89. The average Bonchev–Trinajstić information content (AvgIpc) is 3.27. The minimum atomic E-state index is -0.392. The third-order valence-corrected chi connectivity index (χ3v) is 5.93. The zero-order valence-electron chi connectivity index (χ0n) is 16.4. The molecular formula is C20H32N6O. The third kappa shape index (κ3) is 4.04. The van der Waals surface area contributed by atoms with Crippen LogP contribution in [-0.2, 0) is 0 Å². The third-order valence-electron chi connectivity index (χ3n) is 5.93. The SMILES string of the molecule is CC(C)c1cnn2c(NCC3CCCCC3)cc(N[C@H]3CNCC3O)nc12. The molecule has 1 unspecified atom stereocenters. The van der Waals surface area contributed by atoms with E-state index in [1.54, 1.807) is 0 Å². The Morgan fingerprint density at radius 1 is 1.26 bits per heavy atom. The molecule has 0 amide bonds. The number of β-amino-alcohol motifs (C(OH)–C–C–N with tert-alkyl or cyclic N) is 1. The van der Waals surface area contributed by atoms with E-state index in [0.29, 0.717) is 12.5 Å². The van der Waals surface area contributed by atoms with Gasteiger partial charge in [0, 0.05) is 31.3 Å². The summed E-state index contributed by atoms with van der Waals surface area (Å²) in [6.45, 7) is 6.67. The number of hydrogen-bond acceptors (Lipinski definition) is 6. The molecule has 1 aliphatic carbocycles. The molecule has 2 aliphatic rings. The fourth-order valence-electron chi connectivity index (χ4n) is 4.23. The van der Waals surface area contributed by atoms with Crippen molar-refractivity contribution in [1.82, 2.24) is 19.9 Å². The van der Waals surface area contributed by atoms with Crippen LogP contribution >= 0.6 is 0 Å². The highest BCUT2D eigenvalue weighted by atomic mass is 16.3. The zero-order chi connectivity index (χ0) is 18.8. The summed E-state index contributed by atoms with van der Waals surface area (Å²) in [7, 11) is 0. The first-order valence-electron chi connectivity index (χ1n) is 10.4.